The monoisotopic (exact) mass is 252 g/mol. The lowest BCUT2D eigenvalue weighted by atomic mass is 10.5. The fourth-order valence-corrected chi connectivity index (χ4v) is 1.21. The van der Waals surface area contributed by atoms with E-state index in [-0.39, 0.29) is 6.61 Å². The molecule has 1 N–H and O–H groups in total. The smallest absolute Gasteiger partial charge is 0.371 e. The number of rotatable bonds is 7. The van der Waals surface area contributed by atoms with E-state index in [4.69, 9.17) is 0 Å². The second-order valence-electron chi connectivity index (χ2n) is 3.38. The molecule has 0 aliphatic carbocycles. The molecule has 1 aromatic heterocycles. The number of hydrogen-bond acceptors (Lipinski definition) is 4. The predicted molar refractivity (Wildman–Crippen MR) is 54.3 cm³/mol. The molecule has 0 saturated carbocycles. The third kappa shape index (κ3) is 5.64. The standard InChI is InChI=1S/C9H15F3N4O/c1-2-16-7-14-15-8(16)5-13-3-4-17-6-9(10,11)12/h7,13H,2-6H2,1H3. The van der Waals surface area contributed by atoms with E-state index >= 15 is 0 Å². The Morgan fingerprint density at radius 2 is 2.24 bits per heavy atom. The zero-order valence-corrected chi connectivity index (χ0v) is 9.50. The summed E-state index contributed by atoms with van der Waals surface area (Å²) in [4.78, 5) is 0. The second-order valence-corrected chi connectivity index (χ2v) is 3.38. The third-order valence-electron chi connectivity index (χ3n) is 2.01. The molecule has 1 rings (SSSR count). The number of hydrogen-bond donors (Lipinski definition) is 1. The van der Waals surface area contributed by atoms with Crippen LogP contribution in [0.5, 0.6) is 0 Å². The van der Waals surface area contributed by atoms with E-state index in [0.717, 1.165) is 12.4 Å². The van der Waals surface area contributed by atoms with Crippen molar-refractivity contribution in [3.8, 4) is 0 Å². The molecule has 17 heavy (non-hydrogen) atoms. The molecule has 0 atom stereocenters. The molecule has 0 unspecified atom stereocenters. The van der Waals surface area contributed by atoms with Gasteiger partial charge in [0.25, 0.3) is 0 Å². The predicted octanol–water partition coefficient (Wildman–Crippen LogP) is 0.967. The molecular formula is C9H15F3N4O. The molecule has 0 aliphatic heterocycles. The van der Waals surface area contributed by atoms with Crippen LogP contribution in [0.1, 0.15) is 12.7 Å². The number of aromatic nitrogens is 3. The Balaban J connectivity index is 2.09. The van der Waals surface area contributed by atoms with Crippen LogP contribution in [0.4, 0.5) is 13.2 Å². The Bertz CT molecular complexity index is 326. The molecular weight excluding hydrogens is 237 g/mol. The van der Waals surface area contributed by atoms with Crippen LogP contribution in [0, 0.1) is 0 Å². The first-order valence-corrected chi connectivity index (χ1v) is 5.25. The Hall–Kier alpha value is -1.15. The summed E-state index contributed by atoms with van der Waals surface area (Å²) in [6.07, 6.45) is -2.65. The highest BCUT2D eigenvalue weighted by molar-refractivity contribution is 4.84. The van der Waals surface area contributed by atoms with Crippen LogP contribution in [-0.2, 0) is 17.8 Å². The van der Waals surface area contributed by atoms with Crippen LogP contribution in [0.3, 0.4) is 0 Å². The number of nitrogens with zero attached hydrogens (tertiary/aromatic N) is 3. The maximum absolute atomic E-state index is 11.7. The summed E-state index contributed by atoms with van der Waals surface area (Å²) in [5.41, 5.74) is 0. The first kappa shape index (κ1) is 13.9. The van der Waals surface area contributed by atoms with Gasteiger partial charge in [0.1, 0.15) is 18.8 Å². The summed E-state index contributed by atoms with van der Waals surface area (Å²) in [6.45, 7) is 2.32. The van der Waals surface area contributed by atoms with E-state index in [9.17, 15) is 13.2 Å². The molecule has 0 saturated heterocycles. The molecule has 1 aromatic rings. The summed E-state index contributed by atoms with van der Waals surface area (Å²) in [5.74, 6) is 0.753. The zero-order chi connectivity index (χ0) is 12.7. The van der Waals surface area contributed by atoms with Crippen molar-refractivity contribution >= 4 is 0 Å². The van der Waals surface area contributed by atoms with Gasteiger partial charge in [0.2, 0.25) is 0 Å². The lowest BCUT2D eigenvalue weighted by Crippen LogP contribution is -2.24. The zero-order valence-electron chi connectivity index (χ0n) is 9.50. The van der Waals surface area contributed by atoms with Crippen LogP contribution >= 0.6 is 0 Å². The van der Waals surface area contributed by atoms with Gasteiger partial charge in [-0.1, -0.05) is 0 Å². The van der Waals surface area contributed by atoms with Gasteiger partial charge in [0.05, 0.1) is 13.2 Å². The maximum Gasteiger partial charge on any atom is 0.411 e. The molecule has 0 bridgehead atoms. The van der Waals surface area contributed by atoms with Crippen LogP contribution in [0.15, 0.2) is 6.33 Å². The molecule has 98 valence electrons. The van der Waals surface area contributed by atoms with Crippen molar-refractivity contribution in [3.63, 3.8) is 0 Å². The van der Waals surface area contributed by atoms with Gasteiger partial charge in [-0.15, -0.1) is 10.2 Å². The van der Waals surface area contributed by atoms with Gasteiger partial charge in [0, 0.05) is 13.1 Å². The molecule has 0 aliphatic rings. The average Bonchev–Trinajstić information content (AvgIpc) is 2.69. The van der Waals surface area contributed by atoms with Crippen LogP contribution < -0.4 is 5.32 Å². The van der Waals surface area contributed by atoms with Crippen molar-refractivity contribution in [1.82, 2.24) is 20.1 Å². The van der Waals surface area contributed by atoms with Crippen molar-refractivity contribution in [1.29, 1.82) is 0 Å². The van der Waals surface area contributed by atoms with Crippen LogP contribution in [0.25, 0.3) is 0 Å². The Morgan fingerprint density at radius 1 is 1.47 bits per heavy atom. The highest BCUT2D eigenvalue weighted by Gasteiger charge is 2.27. The van der Waals surface area contributed by atoms with Gasteiger partial charge < -0.3 is 14.6 Å². The minimum absolute atomic E-state index is 0.0137. The molecule has 0 spiro atoms. The van der Waals surface area contributed by atoms with Crippen molar-refractivity contribution in [2.24, 2.45) is 0 Å². The molecule has 0 fully saturated rings. The van der Waals surface area contributed by atoms with Crippen LogP contribution in [-0.4, -0.2) is 40.7 Å². The first-order chi connectivity index (χ1) is 8.03. The van der Waals surface area contributed by atoms with Crippen molar-refractivity contribution < 1.29 is 17.9 Å². The van der Waals surface area contributed by atoms with E-state index in [1.54, 1.807) is 6.33 Å². The number of nitrogens with one attached hydrogen (secondary N) is 1. The van der Waals surface area contributed by atoms with Gasteiger partial charge in [-0.05, 0) is 6.92 Å². The van der Waals surface area contributed by atoms with Gasteiger partial charge in [0.15, 0.2) is 0 Å². The van der Waals surface area contributed by atoms with Gasteiger partial charge in [-0.25, -0.2) is 0 Å². The maximum atomic E-state index is 11.7. The fourth-order valence-electron chi connectivity index (χ4n) is 1.21. The summed E-state index contributed by atoms with van der Waals surface area (Å²) >= 11 is 0. The molecule has 0 radical (unpaired) electrons. The minimum Gasteiger partial charge on any atom is -0.371 e. The lowest BCUT2D eigenvalue weighted by molar-refractivity contribution is -0.173. The summed E-state index contributed by atoms with van der Waals surface area (Å²) < 4.78 is 41.5. The first-order valence-electron chi connectivity index (χ1n) is 5.25. The quantitative estimate of drug-likeness (QED) is 0.735. The fraction of sp³-hybridized carbons (Fsp3) is 0.778. The van der Waals surface area contributed by atoms with Crippen LogP contribution in [0.2, 0.25) is 0 Å². The van der Waals surface area contributed by atoms with E-state index in [1.807, 2.05) is 11.5 Å². The summed E-state index contributed by atoms with van der Waals surface area (Å²) in [7, 11) is 0. The highest BCUT2D eigenvalue weighted by atomic mass is 19.4. The number of halogens is 3. The molecule has 8 heteroatoms. The Morgan fingerprint density at radius 3 is 2.88 bits per heavy atom. The normalized spacial score (nSPS) is 12.0. The molecule has 5 nitrogen and oxygen atoms in total. The average molecular weight is 252 g/mol. The Kier molecular flexibility index (Phi) is 5.36. The summed E-state index contributed by atoms with van der Waals surface area (Å²) in [5, 5.41) is 10.5. The minimum atomic E-state index is -4.26. The highest BCUT2D eigenvalue weighted by Crippen LogP contribution is 2.13. The van der Waals surface area contributed by atoms with Gasteiger partial charge >= 0.3 is 6.18 Å². The summed E-state index contributed by atoms with van der Waals surface area (Å²) in [6, 6.07) is 0. The van der Waals surface area contributed by atoms with E-state index in [1.165, 1.54) is 0 Å². The number of alkyl halides is 3. The van der Waals surface area contributed by atoms with Gasteiger partial charge in [-0.3, -0.25) is 0 Å². The third-order valence-corrected chi connectivity index (χ3v) is 2.01. The molecule has 0 amide bonds. The Labute approximate surface area is 97.0 Å². The molecule has 1 heterocycles. The SMILES string of the molecule is CCn1cnnc1CNCCOCC(F)(F)F. The van der Waals surface area contributed by atoms with Crippen molar-refractivity contribution in [3.05, 3.63) is 12.2 Å². The number of ether oxygens (including phenoxy) is 1. The molecule has 0 aromatic carbocycles. The van der Waals surface area contributed by atoms with Gasteiger partial charge in [-0.2, -0.15) is 13.2 Å². The van der Waals surface area contributed by atoms with E-state index in [0.29, 0.717) is 13.1 Å². The number of aryl methyl sites for hydroxylation is 1. The van der Waals surface area contributed by atoms with E-state index < -0.39 is 12.8 Å². The second kappa shape index (κ2) is 6.55. The van der Waals surface area contributed by atoms with Crippen molar-refractivity contribution in [2.75, 3.05) is 19.8 Å². The lowest BCUT2D eigenvalue weighted by Gasteiger charge is -2.08. The van der Waals surface area contributed by atoms with E-state index in [2.05, 4.69) is 20.3 Å². The topological polar surface area (TPSA) is 52.0 Å². The van der Waals surface area contributed by atoms with Crippen molar-refractivity contribution in [2.45, 2.75) is 26.2 Å². The largest absolute Gasteiger partial charge is 0.411 e.